The fourth-order valence-corrected chi connectivity index (χ4v) is 3.53. The molecule has 1 N–H and O–H groups in total. The number of alkyl halides is 6. The summed E-state index contributed by atoms with van der Waals surface area (Å²) in [6, 6.07) is 4.24. The Labute approximate surface area is 173 Å². The van der Waals surface area contributed by atoms with Crippen LogP contribution in [0.3, 0.4) is 0 Å². The molecule has 0 aliphatic carbocycles. The standard InChI is InChI=1S/C21H20F8O2/c1-19(11-22,16-8-14(23)3-4-17(16)31-2)10-20(30,18(25)26)9-12-5-13(21(27,28)29)7-15(24)6-12/h3-8,18,30H,9-11H2,1-2H3. The molecule has 0 bridgehead atoms. The van der Waals surface area contributed by atoms with E-state index in [0.717, 1.165) is 25.1 Å². The van der Waals surface area contributed by atoms with Gasteiger partial charge in [0.2, 0.25) is 0 Å². The first kappa shape index (κ1) is 24.9. The van der Waals surface area contributed by atoms with E-state index in [4.69, 9.17) is 4.74 Å². The van der Waals surface area contributed by atoms with Gasteiger partial charge in [-0.25, -0.2) is 17.6 Å². The molecule has 10 heteroatoms. The van der Waals surface area contributed by atoms with Crippen LogP contribution in [-0.2, 0) is 18.0 Å². The molecule has 0 heterocycles. The second-order valence-electron chi connectivity index (χ2n) is 7.64. The molecule has 0 aliphatic heterocycles. The van der Waals surface area contributed by atoms with Crippen LogP contribution in [0, 0.1) is 11.6 Å². The molecular formula is C21H20F8O2. The molecule has 2 unspecified atom stereocenters. The number of benzene rings is 2. The monoisotopic (exact) mass is 456 g/mol. The number of hydrogen-bond acceptors (Lipinski definition) is 2. The van der Waals surface area contributed by atoms with E-state index in [1.165, 1.54) is 7.11 Å². The molecule has 0 fully saturated rings. The quantitative estimate of drug-likeness (QED) is 0.505. The number of halogens is 8. The topological polar surface area (TPSA) is 29.5 Å². The molecule has 0 saturated heterocycles. The van der Waals surface area contributed by atoms with Gasteiger partial charge in [-0.3, -0.25) is 4.39 Å². The van der Waals surface area contributed by atoms with Crippen molar-refractivity contribution in [3.05, 3.63) is 64.7 Å². The van der Waals surface area contributed by atoms with Crippen molar-refractivity contribution in [2.24, 2.45) is 0 Å². The van der Waals surface area contributed by atoms with Gasteiger partial charge in [-0.15, -0.1) is 0 Å². The molecule has 31 heavy (non-hydrogen) atoms. The highest BCUT2D eigenvalue weighted by molar-refractivity contribution is 5.40. The molecule has 2 aromatic carbocycles. The minimum Gasteiger partial charge on any atom is -0.496 e. The second kappa shape index (κ2) is 9.02. The third kappa shape index (κ3) is 5.66. The van der Waals surface area contributed by atoms with Crippen molar-refractivity contribution in [3.8, 4) is 5.75 Å². The zero-order valence-corrected chi connectivity index (χ0v) is 16.5. The van der Waals surface area contributed by atoms with Crippen molar-refractivity contribution < 1.29 is 45.0 Å². The normalized spacial score (nSPS) is 16.1. The third-order valence-corrected chi connectivity index (χ3v) is 5.00. The fourth-order valence-electron chi connectivity index (χ4n) is 3.53. The summed E-state index contributed by atoms with van der Waals surface area (Å²) in [7, 11) is 1.19. The van der Waals surface area contributed by atoms with Gasteiger partial charge in [0.1, 0.15) is 23.0 Å². The molecule has 0 aliphatic rings. The summed E-state index contributed by atoms with van der Waals surface area (Å²) in [4.78, 5) is 0. The lowest BCUT2D eigenvalue weighted by atomic mass is 9.72. The van der Waals surface area contributed by atoms with Gasteiger partial charge >= 0.3 is 6.18 Å². The predicted octanol–water partition coefficient (Wildman–Crippen LogP) is 5.85. The Morgan fingerprint density at radius 3 is 2.16 bits per heavy atom. The maximum atomic E-state index is 14.0. The van der Waals surface area contributed by atoms with Gasteiger partial charge in [0, 0.05) is 17.4 Å². The van der Waals surface area contributed by atoms with E-state index in [0.29, 0.717) is 12.1 Å². The average molecular weight is 456 g/mol. The van der Waals surface area contributed by atoms with E-state index in [1.54, 1.807) is 0 Å². The molecule has 2 atom stereocenters. The Morgan fingerprint density at radius 1 is 1.00 bits per heavy atom. The lowest BCUT2D eigenvalue weighted by molar-refractivity contribution is -0.138. The lowest BCUT2D eigenvalue weighted by Gasteiger charge is -2.37. The van der Waals surface area contributed by atoms with E-state index >= 15 is 0 Å². The summed E-state index contributed by atoms with van der Waals surface area (Å²) in [6.45, 7) is -0.177. The second-order valence-corrected chi connectivity index (χ2v) is 7.64. The minimum absolute atomic E-state index is 0.0247. The van der Waals surface area contributed by atoms with Crippen LogP contribution in [0.5, 0.6) is 5.75 Å². The molecule has 2 rings (SSSR count). The predicted molar refractivity (Wildman–Crippen MR) is 97.0 cm³/mol. The van der Waals surface area contributed by atoms with Crippen LogP contribution >= 0.6 is 0 Å². The molecule has 0 aromatic heterocycles. The summed E-state index contributed by atoms with van der Waals surface area (Å²) >= 11 is 0. The molecule has 2 nitrogen and oxygen atoms in total. The number of ether oxygens (including phenoxy) is 1. The average Bonchev–Trinajstić information content (AvgIpc) is 2.66. The zero-order valence-electron chi connectivity index (χ0n) is 16.5. The van der Waals surface area contributed by atoms with Gasteiger partial charge in [0.05, 0.1) is 19.3 Å². The van der Waals surface area contributed by atoms with Crippen molar-refractivity contribution in [1.29, 1.82) is 0 Å². The minimum atomic E-state index is -4.94. The summed E-state index contributed by atoms with van der Waals surface area (Å²) in [5.74, 6) is -2.17. The maximum Gasteiger partial charge on any atom is 0.416 e. The van der Waals surface area contributed by atoms with Gasteiger partial charge in [-0.05, 0) is 48.4 Å². The Hall–Kier alpha value is -2.36. The Bertz CT molecular complexity index is 915. The van der Waals surface area contributed by atoms with Crippen molar-refractivity contribution in [2.75, 3.05) is 13.8 Å². The lowest BCUT2D eigenvalue weighted by Crippen LogP contribution is -2.46. The Kier molecular flexibility index (Phi) is 7.24. The van der Waals surface area contributed by atoms with Gasteiger partial charge in [0.15, 0.2) is 0 Å². The van der Waals surface area contributed by atoms with Crippen LogP contribution in [0.25, 0.3) is 0 Å². The van der Waals surface area contributed by atoms with Crippen molar-refractivity contribution >= 4 is 0 Å². The third-order valence-electron chi connectivity index (χ3n) is 5.00. The molecule has 0 spiro atoms. The van der Waals surface area contributed by atoms with Gasteiger partial charge in [-0.1, -0.05) is 6.92 Å². The van der Waals surface area contributed by atoms with E-state index in [-0.39, 0.29) is 17.4 Å². The highest BCUT2D eigenvalue weighted by Gasteiger charge is 2.46. The van der Waals surface area contributed by atoms with Crippen molar-refractivity contribution in [1.82, 2.24) is 0 Å². The molecular weight excluding hydrogens is 436 g/mol. The first-order valence-electron chi connectivity index (χ1n) is 9.01. The van der Waals surface area contributed by atoms with Crippen LogP contribution in [0.15, 0.2) is 36.4 Å². The van der Waals surface area contributed by atoms with E-state index < -0.39 is 65.9 Å². The highest BCUT2D eigenvalue weighted by Crippen LogP contribution is 2.42. The molecule has 0 saturated carbocycles. The number of methoxy groups -OCH3 is 1. The van der Waals surface area contributed by atoms with Crippen LogP contribution in [0.2, 0.25) is 0 Å². The SMILES string of the molecule is COc1ccc(F)cc1C(C)(CF)CC(O)(Cc1cc(F)cc(C(F)(F)F)c1)C(F)F. The smallest absolute Gasteiger partial charge is 0.416 e. The first-order chi connectivity index (χ1) is 14.2. The summed E-state index contributed by atoms with van der Waals surface area (Å²) in [5.41, 5.74) is -7.05. The zero-order chi connectivity index (χ0) is 23.6. The summed E-state index contributed by atoms with van der Waals surface area (Å²) in [6.07, 6.45) is -10.6. The van der Waals surface area contributed by atoms with Crippen LogP contribution in [0.4, 0.5) is 35.1 Å². The highest BCUT2D eigenvalue weighted by atomic mass is 19.4. The number of rotatable bonds is 8. The molecule has 172 valence electrons. The van der Waals surface area contributed by atoms with Gasteiger partial charge < -0.3 is 9.84 Å². The van der Waals surface area contributed by atoms with Crippen LogP contribution < -0.4 is 4.74 Å². The first-order valence-corrected chi connectivity index (χ1v) is 9.01. The van der Waals surface area contributed by atoms with E-state index in [1.807, 2.05) is 0 Å². The maximum absolute atomic E-state index is 14.0. The molecule has 0 amide bonds. The number of aliphatic hydroxyl groups is 1. The van der Waals surface area contributed by atoms with Crippen LogP contribution in [0.1, 0.15) is 30.0 Å². The fraction of sp³-hybridized carbons (Fsp3) is 0.429. The molecule has 0 radical (unpaired) electrons. The van der Waals surface area contributed by atoms with E-state index in [9.17, 15) is 40.2 Å². The summed E-state index contributed by atoms with van der Waals surface area (Å²) < 4.78 is 113. The molecule has 2 aromatic rings. The van der Waals surface area contributed by atoms with Gasteiger partial charge in [0.25, 0.3) is 6.43 Å². The van der Waals surface area contributed by atoms with Crippen LogP contribution in [-0.4, -0.2) is 30.9 Å². The Morgan fingerprint density at radius 2 is 1.65 bits per heavy atom. The van der Waals surface area contributed by atoms with Crippen molar-refractivity contribution in [2.45, 2.75) is 43.4 Å². The van der Waals surface area contributed by atoms with E-state index in [2.05, 4.69) is 0 Å². The summed E-state index contributed by atoms with van der Waals surface area (Å²) in [5, 5.41) is 10.6. The van der Waals surface area contributed by atoms with Gasteiger partial charge in [-0.2, -0.15) is 13.2 Å². The van der Waals surface area contributed by atoms with Crippen molar-refractivity contribution in [3.63, 3.8) is 0 Å². The largest absolute Gasteiger partial charge is 0.496 e. The Balaban J connectivity index is 2.50. The number of hydrogen-bond donors (Lipinski definition) is 1.